The van der Waals surface area contributed by atoms with Crippen LogP contribution < -0.4 is 4.74 Å². The van der Waals surface area contributed by atoms with Crippen LogP contribution in [0.1, 0.15) is 33.2 Å². The molecule has 0 atom stereocenters. The third kappa shape index (κ3) is 2.15. The highest BCUT2D eigenvalue weighted by Crippen LogP contribution is 2.24. The first-order valence-electron chi connectivity index (χ1n) is 4.56. The smallest absolute Gasteiger partial charge is 0.339 e. The first-order chi connectivity index (χ1) is 7.11. The summed E-state index contributed by atoms with van der Waals surface area (Å²) in [4.78, 5) is 21.6. The second-order valence-corrected chi connectivity index (χ2v) is 3.01. The van der Waals surface area contributed by atoms with Gasteiger partial charge in [-0.3, -0.25) is 4.79 Å². The van der Waals surface area contributed by atoms with E-state index in [0.29, 0.717) is 29.8 Å². The zero-order valence-electron chi connectivity index (χ0n) is 8.61. The maximum Gasteiger partial charge on any atom is 0.339 e. The normalized spacial score (nSPS) is 9.73. The van der Waals surface area contributed by atoms with E-state index in [9.17, 15) is 9.59 Å². The van der Waals surface area contributed by atoms with Gasteiger partial charge in [0, 0.05) is 5.56 Å². The number of carboxylic acids is 1. The molecule has 0 aliphatic heterocycles. The van der Waals surface area contributed by atoms with Gasteiger partial charge in [-0.2, -0.15) is 0 Å². The Morgan fingerprint density at radius 3 is 2.67 bits per heavy atom. The molecule has 1 aromatic rings. The number of rotatable bonds is 4. The Hall–Kier alpha value is -1.84. The fourth-order valence-electron chi connectivity index (χ4n) is 1.37. The Morgan fingerprint density at radius 1 is 1.53 bits per heavy atom. The molecule has 0 aromatic heterocycles. The molecule has 0 heterocycles. The quantitative estimate of drug-likeness (QED) is 0.767. The van der Waals surface area contributed by atoms with Crippen LogP contribution in [0.3, 0.4) is 0 Å². The molecule has 1 aromatic carbocycles. The van der Waals surface area contributed by atoms with E-state index < -0.39 is 5.97 Å². The lowest BCUT2D eigenvalue weighted by molar-refractivity contribution is 0.0691. The molecule has 1 N–H and O–H groups in total. The van der Waals surface area contributed by atoms with E-state index in [2.05, 4.69) is 0 Å². The molecule has 80 valence electrons. The minimum Gasteiger partial charge on any atom is -0.493 e. The minimum absolute atomic E-state index is 0.0569. The van der Waals surface area contributed by atoms with Gasteiger partial charge in [0.25, 0.3) is 0 Å². The molecule has 0 aliphatic rings. The predicted octanol–water partition coefficient (Wildman–Crippen LogP) is 1.90. The summed E-state index contributed by atoms with van der Waals surface area (Å²) in [7, 11) is 0. The van der Waals surface area contributed by atoms with Gasteiger partial charge in [-0.1, -0.05) is 0 Å². The van der Waals surface area contributed by atoms with Crippen LogP contribution in [0.4, 0.5) is 0 Å². The van der Waals surface area contributed by atoms with E-state index >= 15 is 0 Å². The van der Waals surface area contributed by atoms with Gasteiger partial charge in [-0.05, 0) is 31.5 Å². The Bertz CT molecular complexity index is 396. The molecule has 1 rings (SSSR count). The third-order valence-electron chi connectivity index (χ3n) is 2.11. The zero-order valence-corrected chi connectivity index (χ0v) is 8.61. The van der Waals surface area contributed by atoms with E-state index in [1.54, 1.807) is 19.9 Å². The molecule has 4 nitrogen and oxygen atoms in total. The topological polar surface area (TPSA) is 63.6 Å². The summed E-state index contributed by atoms with van der Waals surface area (Å²) in [5.41, 5.74) is 0.862. The van der Waals surface area contributed by atoms with Crippen molar-refractivity contribution in [3.05, 3.63) is 28.8 Å². The van der Waals surface area contributed by atoms with Crippen molar-refractivity contribution in [2.75, 3.05) is 6.61 Å². The van der Waals surface area contributed by atoms with Gasteiger partial charge >= 0.3 is 5.97 Å². The Balaban J connectivity index is 3.37. The van der Waals surface area contributed by atoms with Crippen molar-refractivity contribution in [2.24, 2.45) is 0 Å². The average Bonchev–Trinajstić information content (AvgIpc) is 2.18. The standard InChI is InChI=1S/C11H12O4/c1-3-15-9-5-4-8(6-12)7(2)10(9)11(13)14/h4-6H,3H2,1-2H3,(H,13,14). The molecular formula is C11H12O4. The largest absolute Gasteiger partial charge is 0.493 e. The van der Waals surface area contributed by atoms with Crippen LogP contribution in [-0.2, 0) is 0 Å². The number of benzene rings is 1. The molecular weight excluding hydrogens is 196 g/mol. The number of carbonyl (C=O) groups excluding carboxylic acids is 1. The second kappa shape index (κ2) is 4.59. The van der Waals surface area contributed by atoms with Gasteiger partial charge in [-0.25, -0.2) is 4.79 Å². The van der Waals surface area contributed by atoms with Crippen molar-refractivity contribution >= 4 is 12.3 Å². The van der Waals surface area contributed by atoms with E-state index in [-0.39, 0.29) is 5.56 Å². The molecule has 4 heteroatoms. The minimum atomic E-state index is -1.08. The van der Waals surface area contributed by atoms with E-state index in [1.165, 1.54) is 6.07 Å². The first-order valence-corrected chi connectivity index (χ1v) is 4.56. The second-order valence-electron chi connectivity index (χ2n) is 3.01. The molecule has 0 amide bonds. The van der Waals surface area contributed by atoms with Crippen LogP contribution in [0.2, 0.25) is 0 Å². The number of carbonyl (C=O) groups is 2. The fourth-order valence-corrected chi connectivity index (χ4v) is 1.37. The summed E-state index contributed by atoms with van der Waals surface area (Å²) in [6.45, 7) is 3.75. The van der Waals surface area contributed by atoms with Gasteiger partial charge in [0.2, 0.25) is 0 Å². The fraction of sp³-hybridized carbons (Fsp3) is 0.273. The van der Waals surface area contributed by atoms with Gasteiger partial charge in [-0.15, -0.1) is 0 Å². The van der Waals surface area contributed by atoms with Crippen LogP contribution >= 0.6 is 0 Å². The lowest BCUT2D eigenvalue weighted by Gasteiger charge is -2.10. The van der Waals surface area contributed by atoms with Crippen molar-refractivity contribution < 1.29 is 19.4 Å². The van der Waals surface area contributed by atoms with Crippen LogP contribution in [0.15, 0.2) is 12.1 Å². The highest BCUT2D eigenvalue weighted by molar-refractivity contribution is 5.95. The lowest BCUT2D eigenvalue weighted by atomic mass is 10.0. The molecule has 0 saturated heterocycles. The molecule has 15 heavy (non-hydrogen) atoms. The van der Waals surface area contributed by atoms with E-state index in [4.69, 9.17) is 9.84 Å². The monoisotopic (exact) mass is 208 g/mol. The highest BCUT2D eigenvalue weighted by atomic mass is 16.5. The summed E-state index contributed by atoms with van der Waals surface area (Å²) in [6, 6.07) is 3.06. The van der Waals surface area contributed by atoms with Crippen molar-refractivity contribution in [3.63, 3.8) is 0 Å². The van der Waals surface area contributed by atoms with Crippen LogP contribution in [-0.4, -0.2) is 24.0 Å². The van der Waals surface area contributed by atoms with Gasteiger partial charge in [0.1, 0.15) is 17.6 Å². The maximum atomic E-state index is 11.0. The number of hydrogen-bond acceptors (Lipinski definition) is 3. The average molecular weight is 208 g/mol. The summed E-state index contributed by atoms with van der Waals surface area (Å²) < 4.78 is 5.18. The van der Waals surface area contributed by atoms with Crippen LogP contribution in [0, 0.1) is 6.92 Å². The molecule has 0 radical (unpaired) electrons. The number of hydrogen-bond donors (Lipinski definition) is 1. The van der Waals surface area contributed by atoms with Crippen molar-refractivity contribution in [2.45, 2.75) is 13.8 Å². The number of carboxylic acid groups (broad SMARTS) is 1. The Morgan fingerprint density at radius 2 is 2.20 bits per heavy atom. The summed E-state index contributed by atoms with van der Waals surface area (Å²) >= 11 is 0. The summed E-state index contributed by atoms with van der Waals surface area (Å²) in [5.74, 6) is -0.784. The molecule has 0 aliphatic carbocycles. The van der Waals surface area contributed by atoms with E-state index in [1.807, 2.05) is 0 Å². The van der Waals surface area contributed by atoms with Crippen molar-refractivity contribution in [1.29, 1.82) is 0 Å². The highest BCUT2D eigenvalue weighted by Gasteiger charge is 2.16. The molecule has 0 fully saturated rings. The Kier molecular flexibility index (Phi) is 3.44. The Labute approximate surface area is 87.5 Å². The molecule has 0 spiro atoms. The SMILES string of the molecule is CCOc1ccc(C=O)c(C)c1C(=O)O. The zero-order chi connectivity index (χ0) is 11.4. The molecule has 0 saturated carbocycles. The van der Waals surface area contributed by atoms with E-state index in [0.717, 1.165) is 0 Å². The molecule has 0 unspecified atom stereocenters. The number of aromatic carboxylic acids is 1. The van der Waals surface area contributed by atoms with Gasteiger partial charge < -0.3 is 9.84 Å². The van der Waals surface area contributed by atoms with Crippen LogP contribution in [0.25, 0.3) is 0 Å². The van der Waals surface area contributed by atoms with Crippen molar-refractivity contribution in [1.82, 2.24) is 0 Å². The lowest BCUT2D eigenvalue weighted by Crippen LogP contribution is -2.07. The number of ether oxygens (including phenoxy) is 1. The predicted molar refractivity (Wildman–Crippen MR) is 54.7 cm³/mol. The van der Waals surface area contributed by atoms with Crippen LogP contribution in [0.5, 0.6) is 5.75 Å². The first kappa shape index (κ1) is 11.2. The summed E-state index contributed by atoms with van der Waals surface area (Å²) in [5, 5.41) is 9.00. The maximum absolute atomic E-state index is 11.0. The third-order valence-corrected chi connectivity index (χ3v) is 2.11. The molecule has 0 bridgehead atoms. The number of aldehydes is 1. The summed E-state index contributed by atoms with van der Waals surface area (Å²) in [6.07, 6.45) is 0.636. The van der Waals surface area contributed by atoms with Gasteiger partial charge in [0.05, 0.1) is 6.61 Å². The van der Waals surface area contributed by atoms with Gasteiger partial charge in [0.15, 0.2) is 0 Å². The van der Waals surface area contributed by atoms with Crippen molar-refractivity contribution in [3.8, 4) is 5.75 Å².